The molecule has 0 spiro atoms. The number of hydrogen-bond donors (Lipinski definition) is 1. The van der Waals surface area contributed by atoms with E-state index in [9.17, 15) is 4.79 Å². The monoisotopic (exact) mass is 290 g/mol. The van der Waals surface area contributed by atoms with Crippen molar-refractivity contribution in [3.05, 3.63) is 24.4 Å². The SMILES string of the molecule is CCCC(=O)Nc1oncc1-c1ccc(OC)c(OC)c1. The molecule has 0 saturated carbocycles. The maximum absolute atomic E-state index is 11.7. The molecule has 0 atom stereocenters. The summed E-state index contributed by atoms with van der Waals surface area (Å²) in [5, 5.41) is 6.46. The van der Waals surface area contributed by atoms with E-state index >= 15 is 0 Å². The number of aromatic nitrogens is 1. The highest BCUT2D eigenvalue weighted by Gasteiger charge is 2.15. The summed E-state index contributed by atoms with van der Waals surface area (Å²) >= 11 is 0. The number of nitrogens with zero attached hydrogens (tertiary/aromatic N) is 1. The number of nitrogens with one attached hydrogen (secondary N) is 1. The van der Waals surface area contributed by atoms with Crippen molar-refractivity contribution in [2.24, 2.45) is 0 Å². The molecule has 0 bridgehead atoms. The van der Waals surface area contributed by atoms with Gasteiger partial charge in [-0.05, 0) is 24.1 Å². The summed E-state index contributed by atoms with van der Waals surface area (Å²) in [5.41, 5.74) is 1.51. The van der Waals surface area contributed by atoms with Crippen LogP contribution in [0.1, 0.15) is 19.8 Å². The van der Waals surface area contributed by atoms with Crippen LogP contribution in [0.15, 0.2) is 28.9 Å². The van der Waals surface area contributed by atoms with E-state index < -0.39 is 0 Å². The molecule has 6 heteroatoms. The Labute approximate surface area is 123 Å². The molecule has 21 heavy (non-hydrogen) atoms. The molecule has 1 aromatic carbocycles. The Morgan fingerprint density at radius 2 is 2.05 bits per heavy atom. The normalized spacial score (nSPS) is 10.2. The number of carbonyl (C=O) groups excluding carboxylic acids is 1. The average Bonchev–Trinajstić information content (AvgIpc) is 2.94. The van der Waals surface area contributed by atoms with Gasteiger partial charge in [0, 0.05) is 6.42 Å². The van der Waals surface area contributed by atoms with E-state index in [1.165, 1.54) is 0 Å². The summed E-state index contributed by atoms with van der Waals surface area (Å²) in [6.07, 6.45) is 2.76. The highest BCUT2D eigenvalue weighted by Crippen LogP contribution is 2.35. The van der Waals surface area contributed by atoms with Crippen molar-refractivity contribution in [1.29, 1.82) is 0 Å². The number of benzene rings is 1. The minimum Gasteiger partial charge on any atom is -0.493 e. The second-order valence-electron chi connectivity index (χ2n) is 4.44. The molecular formula is C15H18N2O4. The first kappa shape index (κ1) is 14.9. The summed E-state index contributed by atoms with van der Waals surface area (Å²) < 4.78 is 15.6. The number of hydrogen-bond acceptors (Lipinski definition) is 5. The second-order valence-corrected chi connectivity index (χ2v) is 4.44. The van der Waals surface area contributed by atoms with E-state index in [4.69, 9.17) is 14.0 Å². The first-order chi connectivity index (χ1) is 10.2. The van der Waals surface area contributed by atoms with E-state index in [2.05, 4.69) is 10.5 Å². The predicted molar refractivity (Wildman–Crippen MR) is 78.6 cm³/mol. The molecular weight excluding hydrogens is 272 g/mol. The lowest BCUT2D eigenvalue weighted by atomic mass is 10.1. The zero-order valence-corrected chi connectivity index (χ0v) is 12.3. The lowest BCUT2D eigenvalue weighted by Crippen LogP contribution is -2.10. The van der Waals surface area contributed by atoms with Crippen molar-refractivity contribution in [2.75, 3.05) is 19.5 Å². The van der Waals surface area contributed by atoms with E-state index in [0.29, 0.717) is 29.4 Å². The van der Waals surface area contributed by atoms with E-state index in [0.717, 1.165) is 12.0 Å². The third-order valence-electron chi connectivity index (χ3n) is 2.99. The minimum absolute atomic E-state index is 0.101. The van der Waals surface area contributed by atoms with Crippen LogP contribution in [0.3, 0.4) is 0 Å². The topological polar surface area (TPSA) is 73.6 Å². The molecule has 1 aromatic heterocycles. The van der Waals surface area contributed by atoms with Crippen molar-refractivity contribution >= 4 is 11.8 Å². The zero-order chi connectivity index (χ0) is 15.2. The molecule has 0 unspecified atom stereocenters. The third kappa shape index (κ3) is 3.34. The summed E-state index contributed by atoms with van der Waals surface area (Å²) in [5.74, 6) is 1.47. The molecule has 1 heterocycles. The summed E-state index contributed by atoms with van der Waals surface area (Å²) in [6, 6.07) is 5.45. The van der Waals surface area contributed by atoms with Crippen LogP contribution in [0.5, 0.6) is 11.5 Å². The molecule has 0 aliphatic heterocycles. The van der Waals surface area contributed by atoms with Crippen molar-refractivity contribution < 1.29 is 18.8 Å². The van der Waals surface area contributed by atoms with Crippen LogP contribution in [0.4, 0.5) is 5.88 Å². The van der Waals surface area contributed by atoms with E-state index in [1.54, 1.807) is 32.5 Å². The number of methoxy groups -OCH3 is 2. The van der Waals surface area contributed by atoms with Gasteiger partial charge in [0.25, 0.3) is 0 Å². The van der Waals surface area contributed by atoms with Crippen molar-refractivity contribution in [3.8, 4) is 22.6 Å². The van der Waals surface area contributed by atoms with Gasteiger partial charge in [-0.1, -0.05) is 18.1 Å². The first-order valence-electron chi connectivity index (χ1n) is 6.66. The van der Waals surface area contributed by atoms with E-state index in [-0.39, 0.29) is 5.91 Å². The van der Waals surface area contributed by atoms with Gasteiger partial charge in [-0.3, -0.25) is 10.1 Å². The van der Waals surface area contributed by atoms with Gasteiger partial charge in [-0.15, -0.1) is 0 Å². The summed E-state index contributed by atoms with van der Waals surface area (Å²) in [7, 11) is 3.15. The number of ether oxygens (including phenoxy) is 2. The van der Waals surface area contributed by atoms with Crippen molar-refractivity contribution in [2.45, 2.75) is 19.8 Å². The van der Waals surface area contributed by atoms with Crippen LogP contribution in [-0.4, -0.2) is 25.3 Å². The predicted octanol–water partition coefficient (Wildman–Crippen LogP) is 3.10. The van der Waals surface area contributed by atoms with Gasteiger partial charge in [0.1, 0.15) is 0 Å². The molecule has 2 aromatic rings. The highest BCUT2D eigenvalue weighted by atomic mass is 16.5. The Bertz CT molecular complexity index is 622. The number of amides is 1. The minimum atomic E-state index is -0.101. The summed E-state index contributed by atoms with van der Waals surface area (Å²) in [4.78, 5) is 11.7. The van der Waals surface area contributed by atoms with Gasteiger partial charge in [0.15, 0.2) is 11.5 Å². The lowest BCUT2D eigenvalue weighted by molar-refractivity contribution is -0.116. The largest absolute Gasteiger partial charge is 0.493 e. The number of carbonyl (C=O) groups is 1. The summed E-state index contributed by atoms with van der Waals surface area (Å²) in [6.45, 7) is 1.94. The first-order valence-corrected chi connectivity index (χ1v) is 6.66. The number of rotatable bonds is 6. The molecule has 6 nitrogen and oxygen atoms in total. The molecule has 0 saturated heterocycles. The Hall–Kier alpha value is -2.50. The fourth-order valence-corrected chi connectivity index (χ4v) is 1.96. The molecule has 2 rings (SSSR count). The fraction of sp³-hybridized carbons (Fsp3) is 0.333. The van der Waals surface area contributed by atoms with E-state index in [1.807, 2.05) is 13.0 Å². The van der Waals surface area contributed by atoms with Crippen LogP contribution in [0.25, 0.3) is 11.1 Å². The quantitative estimate of drug-likeness (QED) is 0.885. The van der Waals surface area contributed by atoms with Crippen LogP contribution in [0, 0.1) is 0 Å². The van der Waals surface area contributed by atoms with Gasteiger partial charge in [-0.2, -0.15) is 0 Å². The van der Waals surface area contributed by atoms with Gasteiger partial charge < -0.3 is 14.0 Å². The van der Waals surface area contributed by atoms with Crippen molar-refractivity contribution in [3.63, 3.8) is 0 Å². The maximum atomic E-state index is 11.7. The standard InChI is InChI=1S/C15H18N2O4/c1-4-5-14(18)17-15-11(9-16-21-15)10-6-7-12(19-2)13(8-10)20-3/h6-9H,4-5H2,1-3H3,(H,17,18). The van der Waals surface area contributed by atoms with Crippen LogP contribution in [-0.2, 0) is 4.79 Å². The van der Waals surface area contributed by atoms with Crippen LogP contribution in [0.2, 0.25) is 0 Å². The van der Waals surface area contributed by atoms with Crippen LogP contribution < -0.4 is 14.8 Å². The molecule has 0 radical (unpaired) electrons. The highest BCUT2D eigenvalue weighted by molar-refractivity contribution is 5.93. The van der Waals surface area contributed by atoms with Crippen LogP contribution >= 0.6 is 0 Å². The zero-order valence-electron chi connectivity index (χ0n) is 12.3. The average molecular weight is 290 g/mol. The Kier molecular flexibility index (Phi) is 4.81. The lowest BCUT2D eigenvalue weighted by Gasteiger charge is -2.09. The Balaban J connectivity index is 2.30. The molecule has 0 fully saturated rings. The number of anilines is 1. The molecule has 0 aliphatic carbocycles. The molecule has 1 amide bonds. The molecule has 112 valence electrons. The Morgan fingerprint density at radius 3 is 2.71 bits per heavy atom. The van der Waals surface area contributed by atoms with Gasteiger partial charge in [0.05, 0.1) is 26.0 Å². The third-order valence-corrected chi connectivity index (χ3v) is 2.99. The fourth-order valence-electron chi connectivity index (χ4n) is 1.96. The molecule has 0 aliphatic rings. The molecule has 1 N–H and O–H groups in total. The second kappa shape index (κ2) is 6.78. The maximum Gasteiger partial charge on any atom is 0.239 e. The Morgan fingerprint density at radius 1 is 1.29 bits per heavy atom. The van der Waals surface area contributed by atoms with Crippen molar-refractivity contribution in [1.82, 2.24) is 5.16 Å². The smallest absolute Gasteiger partial charge is 0.239 e. The van der Waals surface area contributed by atoms with Gasteiger partial charge in [0.2, 0.25) is 11.8 Å². The van der Waals surface area contributed by atoms with Gasteiger partial charge in [-0.25, -0.2) is 0 Å². The van der Waals surface area contributed by atoms with Gasteiger partial charge >= 0.3 is 0 Å².